The Kier molecular flexibility index (Phi) is 3.98. The molecule has 122 valence electrons. The summed E-state index contributed by atoms with van der Waals surface area (Å²) < 4.78 is 0. The van der Waals surface area contributed by atoms with Crippen molar-refractivity contribution in [3.8, 4) is 0 Å². The van der Waals surface area contributed by atoms with Crippen molar-refractivity contribution in [3.63, 3.8) is 0 Å². The number of piperidine rings is 1. The van der Waals surface area contributed by atoms with Gasteiger partial charge in [-0.05, 0) is 84.3 Å². The zero-order valence-electron chi connectivity index (χ0n) is 14.6. The van der Waals surface area contributed by atoms with E-state index in [-0.39, 0.29) is 5.54 Å². The smallest absolute Gasteiger partial charge is 0.0410 e. The van der Waals surface area contributed by atoms with Crippen LogP contribution in [0.15, 0.2) is 18.2 Å². The molecule has 3 rings (SSSR count). The summed E-state index contributed by atoms with van der Waals surface area (Å²) in [5.41, 5.74) is 3.33. The van der Waals surface area contributed by atoms with Gasteiger partial charge in [0, 0.05) is 34.3 Å². The fourth-order valence-electron chi connectivity index (χ4n) is 4.14. The lowest BCUT2D eigenvalue weighted by atomic mass is 9.74. The molecule has 2 heterocycles. The van der Waals surface area contributed by atoms with Crippen LogP contribution in [-0.2, 0) is 5.41 Å². The van der Waals surface area contributed by atoms with Crippen molar-refractivity contribution >= 4 is 17.3 Å². The van der Waals surface area contributed by atoms with Gasteiger partial charge >= 0.3 is 0 Å². The molecule has 2 aliphatic heterocycles. The summed E-state index contributed by atoms with van der Waals surface area (Å²) >= 11 is 6.34. The molecule has 0 saturated carbocycles. The van der Waals surface area contributed by atoms with Gasteiger partial charge in [-0.15, -0.1) is 0 Å². The van der Waals surface area contributed by atoms with Crippen LogP contribution in [0.4, 0.5) is 5.69 Å². The monoisotopic (exact) mass is 320 g/mol. The van der Waals surface area contributed by atoms with Crippen molar-refractivity contribution < 1.29 is 0 Å². The van der Waals surface area contributed by atoms with E-state index in [0.717, 1.165) is 11.6 Å². The van der Waals surface area contributed by atoms with E-state index in [1.165, 1.54) is 37.2 Å². The summed E-state index contributed by atoms with van der Waals surface area (Å²) in [6.07, 6.45) is 2.48. The Labute approximate surface area is 140 Å². The molecule has 2 nitrogen and oxygen atoms in total. The number of hydrogen-bond donors (Lipinski definition) is 0. The molecule has 0 unspecified atom stereocenters. The Bertz CT molecular complexity index is 551. The number of fused-ring (bicyclic) bond motifs is 2. The lowest BCUT2D eigenvalue weighted by Crippen LogP contribution is -2.49. The third kappa shape index (κ3) is 2.65. The van der Waals surface area contributed by atoms with Crippen molar-refractivity contribution in [2.45, 2.75) is 64.5 Å². The van der Waals surface area contributed by atoms with Gasteiger partial charge in [0.05, 0.1) is 0 Å². The number of nitrogens with zero attached hydrogens (tertiary/aromatic N) is 2. The highest BCUT2D eigenvalue weighted by Gasteiger charge is 2.47. The minimum Gasteiger partial charge on any atom is -0.366 e. The van der Waals surface area contributed by atoms with E-state index in [2.05, 4.69) is 56.6 Å². The molecule has 0 N–H and O–H groups in total. The topological polar surface area (TPSA) is 6.48 Å². The molecule has 0 bridgehead atoms. The Hall–Kier alpha value is -0.730. The minimum atomic E-state index is 0.154. The highest BCUT2D eigenvalue weighted by atomic mass is 35.5. The first-order chi connectivity index (χ1) is 10.2. The van der Waals surface area contributed by atoms with Crippen LogP contribution in [0.5, 0.6) is 0 Å². The van der Waals surface area contributed by atoms with Crippen LogP contribution in [0.3, 0.4) is 0 Å². The highest BCUT2D eigenvalue weighted by Crippen LogP contribution is 2.50. The Morgan fingerprint density at radius 1 is 1.14 bits per heavy atom. The van der Waals surface area contributed by atoms with Gasteiger partial charge in [-0.1, -0.05) is 11.6 Å². The largest absolute Gasteiger partial charge is 0.366 e. The predicted molar refractivity (Wildman–Crippen MR) is 96.2 cm³/mol. The minimum absolute atomic E-state index is 0.154. The molecule has 1 fully saturated rings. The Morgan fingerprint density at radius 3 is 2.32 bits per heavy atom. The maximum Gasteiger partial charge on any atom is 0.0410 e. The van der Waals surface area contributed by atoms with Crippen molar-refractivity contribution in [2.75, 3.05) is 24.5 Å². The first-order valence-electron chi connectivity index (χ1n) is 8.55. The molecule has 1 aromatic rings. The zero-order chi connectivity index (χ0) is 16.1. The van der Waals surface area contributed by atoms with Gasteiger partial charge in [0.1, 0.15) is 0 Å². The van der Waals surface area contributed by atoms with Gasteiger partial charge in [-0.2, -0.15) is 0 Å². The zero-order valence-corrected chi connectivity index (χ0v) is 15.4. The van der Waals surface area contributed by atoms with Gasteiger partial charge in [0.2, 0.25) is 0 Å². The molecule has 22 heavy (non-hydrogen) atoms. The average Bonchev–Trinajstić information content (AvgIpc) is 2.74. The Morgan fingerprint density at radius 2 is 1.77 bits per heavy atom. The fraction of sp³-hybridized carbons (Fsp3) is 0.684. The molecular formula is C19H29ClN2. The molecule has 1 aromatic carbocycles. The number of anilines is 1. The van der Waals surface area contributed by atoms with Crippen LogP contribution in [-0.4, -0.2) is 36.1 Å². The number of likely N-dealkylation sites (tertiary alicyclic amines) is 1. The maximum absolute atomic E-state index is 6.34. The second kappa shape index (κ2) is 5.42. The molecule has 0 aromatic heterocycles. The number of hydrogen-bond acceptors (Lipinski definition) is 2. The van der Waals surface area contributed by atoms with Crippen LogP contribution < -0.4 is 4.90 Å². The van der Waals surface area contributed by atoms with Gasteiger partial charge in [0.25, 0.3) is 0 Å². The first kappa shape index (κ1) is 16.1. The summed E-state index contributed by atoms with van der Waals surface area (Å²) in [5, 5.41) is 0.875. The molecular weight excluding hydrogens is 292 g/mol. The van der Waals surface area contributed by atoms with Crippen LogP contribution >= 0.6 is 11.6 Å². The lowest BCUT2D eigenvalue weighted by Gasteiger charge is -2.43. The van der Waals surface area contributed by atoms with Crippen LogP contribution in [0.2, 0.25) is 5.02 Å². The molecule has 0 amide bonds. The summed E-state index contributed by atoms with van der Waals surface area (Å²) in [6, 6.07) is 7.15. The second-order valence-electron chi connectivity index (χ2n) is 8.33. The predicted octanol–water partition coefficient (Wildman–Crippen LogP) is 4.70. The molecule has 0 radical (unpaired) electrons. The number of halogens is 1. The summed E-state index contributed by atoms with van der Waals surface area (Å²) in [4.78, 5) is 5.19. The van der Waals surface area contributed by atoms with Gasteiger partial charge in [-0.25, -0.2) is 0 Å². The molecule has 2 aliphatic rings. The molecule has 1 saturated heterocycles. The SMILES string of the molecule is CC(C)N1CCC2(CC1)CN(C(C)(C)C)c1ccc(Cl)cc12. The molecule has 3 heteroatoms. The van der Waals surface area contributed by atoms with Gasteiger partial charge < -0.3 is 9.80 Å². The fourth-order valence-corrected chi connectivity index (χ4v) is 4.31. The van der Waals surface area contributed by atoms with Crippen molar-refractivity contribution in [2.24, 2.45) is 0 Å². The second-order valence-corrected chi connectivity index (χ2v) is 8.76. The van der Waals surface area contributed by atoms with E-state index in [1.54, 1.807) is 0 Å². The Balaban J connectivity index is 1.96. The highest BCUT2D eigenvalue weighted by molar-refractivity contribution is 6.30. The quantitative estimate of drug-likeness (QED) is 0.740. The maximum atomic E-state index is 6.34. The van der Waals surface area contributed by atoms with E-state index in [0.29, 0.717) is 11.5 Å². The normalized spacial score (nSPS) is 21.7. The van der Waals surface area contributed by atoms with E-state index >= 15 is 0 Å². The van der Waals surface area contributed by atoms with E-state index in [4.69, 9.17) is 11.6 Å². The van der Waals surface area contributed by atoms with E-state index in [1.807, 2.05) is 6.07 Å². The summed E-state index contributed by atoms with van der Waals surface area (Å²) in [7, 11) is 0. The molecule has 0 atom stereocenters. The van der Waals surface area contributed by atoms with E-state index in [9.17, 15) is 0 Å². The van der Waals surface area contributed by atoms with Crippen LogP contribution in [0.25, 0.3) is 0 Å². The first-order valence-corrected chi connectivity index (χ1v) is 8.92. The molecule has 1 spiro atoms. The van der Waals surface area contributed by atoms with Crippen molar-refractivity contribution in [1.29, 1.82) is 0 Å². The molecule has 0 aliphatic carbocycles. The number of benzene rings is 1. The van der Waals surface area contributed by atoms with Crippen molar-refractivity contribution in [1.82, 2.24) is 4.90 Å². The van der Waals surface area contributed by atoms with Gasteiger partial charge in [0.15, 0.2) is 0 Å². The average molecular weight is 321 g/mol. The standard InChI is InChI=1S/C19H29ClN2/c1-14(2)21-10-8-19(9-11-21)13-22(18(3,4)5)17-7-6-15(20)12-16(17)19/h6-7,12,14H,8-11,13H2,1-5H3. The van der Waals surface area contributed by atoms with Crippen molar-refractivity contribution in [3.05, 3.63) is 28.8 Å². The van der Waals surface area contributed by atoms with Crippen LogP contribution in [0.1, 0.15) is 53.0 Å². The number of rotatable bonds is 1. The third-order valence-corrected chi connectivity index (χ3v) is 5.81. The van der Waals surface area contributed by atoms with Crippen LogP contribution in [0, 0.1) is 0 Å². The lowest BCUT2D eigenvalue weighted by molar-refractivity contribution is 0.133. The van der Waals surface area contributed by atoms with Gasteiger partial charge in [-0.3, -0.25) is 0 Å². The van der Waals surface area contributed by atoms with E-state index < -0.39 is 0 Å². The third-order valence-electron chi connectivity index (χ3n) is 5.58. The summed E-state index contributed by atoms with van der Waals surface area (Å²) in [5.74, 6) is 0. The summed E-state index contributed by atoms with van der Waals surface area (Å²) in [6.45, 7) is 15.1.